The van der Waals surface area contributed by atoms with Crippen molar-refractivity contribution in [2.45, 2.75) is 12.5 Å². The van der Waals surface area contributed by atoms with Gasteiger partial charge in [0.05, 0.1) is 16.7 Å². The molecular formula is C18H18ClN3O5S. The Labute approximate surface area is 170 Å². The van der Waals surface area contributed by atoms with E-state index in [4.69, 9.17) is 11.6 Å². The van der Waals surface area contributed by atoms with Gasteiger partial charge in [-0.15, -0.1) is 0 Å². The van der Waals surface area contributed by atoms with Gasteiger partial charge < -0.3 is 15.7 Å². The lowest BCUT2D eigenvalue weighted by Crippen LogP contribution is -2.44. The average Bonchev–Trinajstić information content (AvgIpc) is 2.67. The largest absolute Gasteiger partial charge is 0.506 e. The molecule has 0 bridgehead atoms. The van der Waals surface area contributed by atoms with Crippen molar-refractivity contribution in [1.82, 2.24) is 5.32 Å². The van der Waals surface area contributed by atoms with Crippen molar-refractivity contribution in [1.29, 1.82) is 0 Å². The van der Waals surface area contributed by atoms with Gasteiger partial charge in [0.25, 0.3) is 11.6 Å². The Morgan fingerprint density at radius 2 is 1.96 bits per heavy atom. The number of nitro benzene ring substituents is 1. The molecule has 2 amide bonds. The Balaban J connectivity index is 2.18. The number of thioether (sulfide) groups is 1. The summed E-state index contributed by atoms with van der Waals surface area (Å²) in [6.45, 7) is 0. The van der Waals surface area contributed by atoms with Crippen LogP contribution in [0.25, 0.3) is 0 Å². The molecule has 2 aromatic rings. The second-order valence-corrected chi connectivity index (χ2v) is 7.13. The number of carbonyl (C=O) groups excluding carboxylic acids is 2. The van der Waals surface area contributed by atoms with Crippen molar-refractivity contribution in [2.75, 3.05) is 17.3 Å². The van der Waals surface area contributed by atoms with Crippen molar-refractivity contribution < 1.29 is 19.6 Å². The highest BCUT2D eigenvalue weighted by Crippen LogP contribution is 2.35. The van der Waals surface area contributed by atoms with Gasteiger partial charge in [-0.1, -0.05) is 29.8 Å². The number of anilines is 1. The Morgan fingerprint density at radius 3 is 2.57 bits per heavy atom. The molecule has 0 unspecified atom stereocenters. The van der Waals surface area contributed by atoms with Gasteiger partial charge in [0.15, 0.2) is 0 Å². The van der Waals surface area contributed by atoms with Crippen molar-refractivity contribution in [3.8, 4) is 5.75 Å². The maximum atomic E-state index is 12.6. The molecule has 0 spiro atoms. The predicted molar refractivity (Wildman–Crippen MR) is 109 cm³/mol. The summed E-state index contributed by atoms with van der Waals surface area (Å²) in [5.74, 6) is -0.867. The second kappa shape index (κ2) is 9.95. The molecule has 28 heavy (non-hydrogen) atoms. The minimum absolute atomic E-state index is 0.0799. The number of carbonyl (C=O) groups is 2. The van der Waals surface area contributed by atoms with Gasteiger partial charge in [0.1, 0.15) is 16.8 Å². The van der Waals surface area contributed by atoms with Crippen molar-refractivity contribution in [3.05, 3.63) is 63.2 Å². The van der Waals surface area contributed by atoms with Crippen LogP contribution in [0.2, 0.25) is 5.02 Å². The smallest absolute Gasteiger partial charge is 0.291 e. The summed E-state index contributed by atoms with van der Waals surface area (Å²) < 4.78 is 0. The van der Waals surface area contributed by atoms with Crippen LogP contribution in [0, 0.1) is 10.1 Å². The standard InChI is InChI=1S/C18H18ClN3O5S/c1-28-8-7-13(20-17(24)11-5-3-2-4-6-11)18(25)21-14-9-12(19)15(22(26)27)10-16(14)23/h2-6,9-10,13,23H,7-8H2,1H3,(H,20,24)(H,21,25)/t13-/m1/s1. The van der Waals surface area contributed by atoms with Gasteiger partial charge in [-0.2, -0.15) is 11.8 Å². The van der Waals surface area contributed by atoms with Crippen LogP contribution in [0.15, 0.2) is 42.5 Å². The number of amides is 2. The van der Waals surface area contributed by atoms with Crippen molar-refractivity contribution >= 4 is 46.6 Å². The highest BCUT2D eigenvalue weighted by molar-refractivity contribution is 7.98. The number of halogens is 1. The minimum Gasteiger partial charge on any atom is -0.506 e. The number of rotatable bonds is 8. The third-order valence-corrected chi connectivity index (χ3v) is 4.73. The fraction of sp³-hybridized carbons (Fsp3) is 0.222. The first-order valence-corrected chi connectivity index (χ1v) is 9.93. The summed E-state index contributed by atoms with van der Waals surface area (Å²) in [7, 11) is 0. The molecule has 0 aliphatic heterocycles. The van der Waals surface area contributed by atoms with Crippen LogP contribution in [0.5, 0.6) is 5.75 Å². The fourth-order valence-corrected chi connectivity index (χ4v) is 3.05. The summed E-state index contributed by atoms with van der Waals surface area (Å²) in [4.78, 5) is 35.1. The summed E-state index contributed by atoms with van der Waals surface area (Å²) in [6, 6.07) is 9.53. The molecule has 8 nitrogen and oxygen atoms in total. The zero-order valence-electron chi connectivity index (χ0n) is 14.8. The molecule has 0 fully saturated rings. The van der Waals surface area contributed by atoms with E-state index in [0.29, 0.717) is 17.7 Å². The summed E-state index contributed by atoms with van der Waals surface area (Å²) >= 11 is 7.34. The summed E-state index contributed by atoms with van der Waals surface area (Å²) in [5, 5.41) is 25.7. The first kappa shape index (κ1) is 21.5. The van der Waals surface area contributed by atoms with Gasteiger partial charge in [0, 0.05) is 5.56 Å². The first-order valence-electron chi connectivity index (χ1n) is 8.16. The lowest BCUT2D eigenvalue weighted by Gasteiger charge is -2.19. The number of nitrogens with one attached hydrogen (secondary N) is 2. The molecule has 1 atom stereocenters. The highest BCUT2D eigenvalue weighted by Gasteiger charge is 2.24. The number of hydrogen-bond acceptors (Lipinski definition) is 6. The lowest BCUT2D eigenvalue weighted by atomic mass is 10.1. The molecule has 148 valence electrons. The van der Waals surface area contributed by atoms with E-state index in [-0.39, 0.29) is 10.7 Å². The zero-order chi connectivity index (χ0) is 20.7. The van der Waals surface area contributed by atoms with E-state index in [2.05, 4.69) is 10.6 Å². The van der Waals surface area contributed by atoms with Gasteiger partial charge in [-0.05, 0) is 36.6 Å². The van der Waals surface area contributed by atoms with Crippen LogP contribution in [-0.4, -0.2) is 39.9 Å². The van der Waals surface area contributed by atoms with Crippen molar-refractivity contribution in [2.24, 2.45) is 0 Å². The average molecular weight is 424 g/mol. The lowest BCUT2D eigenvalue weighted by molar-refractivity contribution is -0.384. The molecule has 0 aliphatic carbocycles. The topological polar surface area (TPSA) is 122 Å². The van der Waals surface area contributed by atoms with E-state index < -0.39 is 34.2 Å². The van der Waals surface area contributed by atoms with Crippen LogP contribution in [0.4, 0.5) is 11.4 Å². The maximum absolute atomic E-state index is 12.6. The molecule has 0 saturated heterocycles. The Bertz CT molecular complexity index is 879. The number of phenols is 1. The van der Waals surface area contributed by atoms with Gasteiger partial charge in [-0.3, -0.25) is 19.7 Å². The van der Waals surface area contributed by atoms with Crippen molar-refractivity contribution in [3.63, 3.8) is 0 Å². The minimum atomic E-state index is -0.867. The molecule has 0 aliphatic rings. The van der Waals surface area contributed by atoms with E-state index in [1.54, 1.807) is 30.3 Å². The molecule has 0 heterocycles. The van der Waals surface area contributed by atoms with E-state index in [0.717, 1.165) is 12.1 Å². The Kier molecular flexibility index (Phi) is 7.65. The number of hydrogen-bond donors (Lipinski definition) is 3. The molecule has 2 rings (SSSR count). The quantitative estimate of drug-likeness (QED) is 0.339. The number of benzene rings is 2. The zero-order valence-corrected chi connectivity index (χ0v) is 16.4. The van der Waals surface area contributed by atoms with Gasteiger partial charge in [0.2, 0.25) is 5.91 Å². The monoisotopic (exact) mass is 423 g/mol. The predicted octanol–water partition coefficient (Wildman–Crippen LogP) is 3.44. The molecule has 0 saturated carbocycles. The molecule has 0 aromatic heterocycles. The maximum Gasteiger partial charge on any atom is 0.291 e. The molecule has 10 heteroatoms. The van der Waals surface area contributed by atoms with Gasteiger partial charge in [-0.25, -0.2) is 0 Å². The number of phenolic OH excluding ortho intramolecular Hbond substituents is 1. The van der Waals surface area contributed by atoms with E-state index in [9.17, 15) is 24.8 Å². The fourth-order valence-electron chi connectivity index (χ4n) is 2.35. The molecule has 2 aromatic carbocycles. The first-order chi connectivity index (χ1) is 13.3. The number of nitrogens with zero attached hydrogens (tertiary/aromatic N) is 1. The molecule has 3 N–H and O–H groups in total. The van der Waals surface area contributed by atoms with E-state index in [1.165, 1.54) is 11.8 Å². The van der Waals surface area contributed by atoms with E-state index >= 15 is 0 Å². The molecule has 0 radical (unpaired) electrons. The number of aromatic hydroxyl groups is 1. The summed E-state index contributed by atoms with van der Waals surface area (Å²) in [5.41, 5.74) is -0.150. The van der Waals surface area contributed by atoms with Crippen LogP contribution >= 0.6 is 23.4 Å². The Hall–Kier alpha value is -2.78. The third-order valence-electron chi connectivity index (χ3n) is 3.79. The highest BCUT2D eigenvalue weighted by atomic mass is 35.5. The second-order valence-electron chi connectivity index (χ2n) is 5.74. The van der Waals surface area contributed by atoms with Crippen LogP contribution in [-0.2, 0) is 4.79 Å². The molecular weight excluding hydrogens is 406 g/mol. The normalized spacial score (nSPS) is 11.5. The van der Waals surface area contributed by atoms with Crippen LogP contribution in [0.1, 0.15) is 16.8 Å². The third kappa shape index (κ3) is 5.61. The number of nitro groups is 1. The Morgan fingerprint density at radius 1 is 1.29 bits per heavy atom. The van der Waals surface area contributed by atoms with E-state index in [1.807, 2.05) is 6.26 Å². The van der Waals surface area contributed by atoms with Gasteiger partial charge >= 0.3 is 0 Å². The SMILES string of the molecule is CSCC[C@@H](NC(=O)c1ccccc1)C(=O)Nc1cc(Cl)c([N+](=O)[O-])cc1O. The van der Waals surface area contributed by atoms with Crippen LogP contribution in [0.3, 0.4) is 0 Å². The van der Waals surface area contributed by atoms with Crippen LogP contribution < -0.4 is 10.6 Å². The summed E-state index contributed by atoms with van der Waals surface area (Å²) in [6.07, 6.45) is 2.23.